The average molecular weight is 298 g/mol. The van der Waals surface area contributed by atoms with Crippen LogP contribution >= 0.6 is 0 Å². The maximum absolute atomic E-state index is 5.03. The third kappa shape index (κ3) is 2.53. The first-order valence-corrected chi connectivity index (χ1v) is 7.86. The number of anilines is 1. The normalized spacial score (nSPS) is 16.2. The van der Waals surface area contributed by atoms with Crippen LogP contribution in [-0.2, 0) is 0 Å². The van der Waals surface area contributed by atoms with Gasteiger partial charge in [0.2, 0.25) is 0 Å². The molecule has 4 rings (SSSR count). The number of aryl methyl sites for hydroxylation is 1. The Morgan fingerprint density at radius 1 is 0.783 bits per heavy atom. The molecule has 0 fully saturated rings. The number of hydrogen-bond donors (Lipinski definition) is 0. The maximum Gasteiger partial charge on any atom is 0.151 e. The van der Waals surface area contributed by atoms with E-state index in [1.807, 2.05) is 12.1 Å². The third-order valence-electron chi connectivity index (χ3n) is 4.26. The zero-order valence-corrected chi connectivity index (χ0v) is 13.1. The molecule has 2 nitrogen and oxygen atoms in total. The number of nitrogens with zero attached hydrogens (tertiary/aromatic N) is 2. The molecule has 1 heterocycles. The summed E-state index contributed by atoms with van der Waals surface area (Å²) in [5.74, 6) is 0. The average Bonchev–Trinajstić information content (AvgIpc) is 2.62. The molecule has 1 aliphatic heterocycles. The van der Waals surface area contributed by atoms with Gasteiger partial charge in [-0.15, -0.1) is 0 Å². The van der Waals surface area contributed by atoms with E-state index in [9.17, 15) is 0 Å². The number of fused-ring (bicyclic) bond motifs is 1. The Balaban J connectivity index is 1.94. The number of para-hydroxylation sites is 2. The highest BCUT2D eigenvalue weighted by molar-refractivity contribution is 5.61. The molecular weight excluding hydrogens is 280 g/mol. The van der Waals surface area contributed by atoms with E-state index in [1.54, 1.807) is 0 Å². The first-order valence-electron chi connectivity index (χ1n) is 7.86. The second-order valence-electron chi connectivity index (χ2n) is 5.79. The zero-order valence-electron chi connectivity index (χ0n) is 13.1. The highest BCUT2D eigenvalue weighted by Gasteiger charge is 2.22. The van der Waals surface area contributed by atoms with Crippen LogP contribution in [0.2, 0.25) is 0 Å². The van der Waals surface area contributed by atoms with Crippen molar-refractivity contribution in [3.05, 3.63) is 101 Å². The van der Waals surface area contributed by atoms with E-state index in [-0.39, 0.29) is 6.17 Å². The van der Waals surface area contributed by atoms with Gasteiger partial charge in [-0.25, -0.2) is 0 Å². The van der Waals surface area contributed by atoms with E-state index in [2.05, 4.69) is 84.8 Å². The van der Waals surface area contributed by atoms with Gasteiger partial charge in [-0.05, 0) is 36.2 Å². The molecule has 0 bridgehead atoms. The van der Waals surface area contributed by atoms with Crippen molar-refractivity contribution in [2.45, 2.75) is 13.1 Å². The van der Waals surface area contributed by atoms with Crippen LogP contribution in [0.1, 0.15) is 17.3 Å². The molecule has 0 aliphatic carbocycles. The van der Waals surface area contributed by atoms with Crippen molar-refractivity contribution in [3.63, 3.8) is 0 Å². The van der Waals surface area contributed by atoms with Crippen molar-refractivity contribution in [1.82, 2.24) is 0 Å². The second kappa shape index (κ2) is 5.73. The predicted molar refractivity (Wildman–Crippen MR) is 94.5 cm³/mol. The van der Waals surface area contributed by atoms with Crippen LogP contribution in [0.5, 0.6) is 0 Å². The highest BCUT2D eigenvalue weighted by atomic mass is 15.2. The van der Waals surface area contributed by atoms with Crippen LogP contribution in [0.3, 0.4) is 0 Å². The highest BCUT2D eigenvalue weighted by Crippen LogP contribution is 2.30. The number of benzene rings is 3. The first-order chi connectivity index (χ1) is 11.3. The van der Waals surface area contributed by atoms with Gasteiger partial charge < -0.3 is 4.90 Å². The minimum Gasteiger partial charge on any atom is -0.321 e. The van der Waals surface area contributed by atoms with E-state index in [0.29, 0.717) is 0 Å². The Morgan fingerprint density at radius 2 is 1.48 bits per heavy atom. The monoisotopic (exact) mass is 298 g/mol. The van der Waals surface area contributed by atoms with Crippen LogP contribution in [0.4, 0.5) is 5.69 Å². The molecule has 3 aromatic rings. The van der Waals surface area contributed by atoms with Crippen molar-refractivity contribution < 1.29 is 0 Å². The Hall–Kier alpha value is -2.87. The van der Waals surface area contributed by atoms with E-state index in [0.717, 1.165) is 16.3 Å². The fourth-order valence-corrected chi connectivity index (χ4v) is 3.04. The first kappa shape index (κ1) is 13.8. The zero-order chi connectivity index (χ0) is 15.6. The summed E-state index contributed by atoms with van der Waals surface area (Å²) in [5, 5.41) is 2.20. The molecule has 1 atom stereocenters. The molecule has 0 N–H and O–H groups in total. The quantitative estimate of drug-likeness (QED) is 0.706. The van der Waals surface area contributed by atoms with Crippen molar-refractivity contribution >= 4 is 11.9 Å². The maximum atomic E-state index is 5.03. The summed E-state index contributed by atoms with van der Waals surface area (Å²) >= 11 is 0. The molecule has 112 valence electrons. The van der Waals surface area contributed by atoms with Crippen molar-refractivity contribution in [1.29, 1.82) is 0 Å². The molecule has 0 saturated carbocycles. The topological polar surface area (TPSA) is 15.6 Å². The van der Waals surface area contributed by atoms with Crippen LogP contribution < -0.4 is 15.5 Å². The molecule has 0 spiro atoms. The Kier molecular flexibility index (Phi) is 3.43. The fraction of sp³-hybridized carbons (Fsp3) is 0.0952. The van der Waals surface area contributed by atoms with E-state index in [1.165, 1.54) is 11.1 Å². The van der Waals surface area contributed by atoms with Crippen molar-refractivity contribution in [2.24, 2.45) is 4.99 Å². The van der Waals surface area contributed by atoms with Gasteiger partial charge in [0.15, 0.2) is 6.17 Å². The van der Waals surface area contributed by atoms with Crippen molar-refractivity contribution in [2.75, 3.05) is 4.90 Å². The summed E-state index contributed by atoms with van der Waals surface area (Å²) in [6, 6.07) is 27.2. The molecule has 0 aromatic heterocycles. The minimum atomic E-state index is -0.0338. The lowest BCUT2D eigenvalue weighted by Gasteiger charge is -2.31. The largest absolute Gasteiger partial charge is 0.321 e. The van der Waals surface area contributed by atoms with Crippen molar-refractivity contribution in [3.8, 4) is 0 Å². The smallest absolute Gasteiger partial charge is 0.151 e. The summed E-state index contributed by atoms with van der Waals surface area (Å²) in [6.45, 7) is 2.15. The summed E-state index contributed by atoms with van der Waals surface area (Å²) in [4.78, 5) is 7.28. The van der Waals surface area contributed by atoms with Gasteiger partial charge in [0.1, 0.15) is 0 Å². The van der Waals surface area contributed by atoms with E-state index >= 15 is 0 Å². The molecule has 1 aliphatic rings. The SMILES string of the molecule is Cc1ccccc1C1N=c2ccccc2=CN1c1ccccc1. The number of hydrogen-bond acceptors (Lipinski definition) is 2. The molecule has 0 amide bonds. The predicted octanol–water partition coefficient (Wildman–Crippen LogP) is 3.57. The lowest BCUT2D eigenvalue weighted by molar-refractivity contribution is 0.709. The van der Waals surface area contributed by atoms with Crippen LogP contribution in [0.15, 0.2) is 83.9 Å². The third-order valence-corrected chi connectivity index (χ3v) is 4.26. The summed E-state index contributed by atoms with van der Waals surface area (Å²) < 4.78 is 0. The molecule has 0 radical (unpaired) electrons. The molecular formula is C21H18N2. The van der Waals surface area contributed by atoms with Crippen LogP contribution in [0.25, 0.3) is 6.20 Å². The summed E-state index contributed by atoms with van der Waals surface area (Å²) in [7, 11) is 0. The minimum absolute atomic E-state index is 0.0338. The molecule has 1 unspecified atom stereocenters. The van der Waals surface area contributed by atoms with Crippen LogP contribution in [-0.4, -0.2) is 0 Å². The van der Waals surface area contributed by atoms with E-state index < -0.39 is 0 Å². The fourth-order valence-electron chi connectivity index (χ4n) is 3.04. The second-order valence-corrected chi connectivity index (χ2v) is 5.79. The van der Waals surface area contributed by atoms with Gasteiger partial charge in [0.05, 0.1) is 5.36 Å². The Bertz CT molecular complexity index is 945. The van der Waals surface area contributed by atoms with E-state index in [4.69, 9.17) is 4.99 Å². The van der Waals surface area contributed by atoms with Gasteiger partial charge in [-0.1, -0.05) is 60.7 Å². The van der Waals surface area contributed by atoms with Gasteiger partial charge in [0.25, 0.3) is 0 Å². The standard InChI is InChI=1S/C21H18N2/c1-16-9-5-7-13-19(16)21-22-20-14-8-6-10-17(20)15-23(21)18-11-3-2-4-12-18/h2-15,21H,1H3. The Morgan fingerprint density at radius 3 is 2.30 bits per heavy atom. The molecule has 23 heavy (non-hydrogen) atoms. The summed E-state index contributed by atoms with van der Waals surface area (Å²) in [6.07, 6.45) is 2.17. The molecule has 0 saturated heterocycles. The van der Waals surface area contributed by atoms with Gasteiger partial charge >= 0.3 is 0 Å². The molecule has 3 aromatic carbocycles. The lowest BCUT2D eigenvalue weighted by Crippen LogP contribution is -2.38. The molecule has 2 heteroatoms. The lowest BCUT2D eigenvalue weighted by atomic mass is 10.0. The van der Waals surface area contributed by atoms with Gasteiger partial charge in [-0.2, -0.15) is 0 Å². The van der Waals surface area contributed by atoms with Gasteiger partial charge in [0, 0.05) is 17.1 Å². The number of rotatable bonds is 2. The summed E-state index contributed by atoms with van der Waals surface area (Å²) in [5.41, 5.74) is 3.65. The Labute approximate surface area is 136 Å². The van der Waals surface area contributed by atoms with Crippen LogP contribution in [0, 0.1) is 6.92 Å². The van der Waals surface area contributed by atoms with Gasteiger partial charge in [-0.3, -0.25) is 4.99 Å².